The third-order valence-corrected chi connectivity index (χ3v) is 4.07. The summed E-state index contributed by atoms with van der Waals surface area (Å²) in [5, 5.41) is 5.45. The molecule has 5 N–H and O–H groups in total. The molecule has 0 fully saturated rings. The molecular formula is C19H25ClN4O3. The molecule has 2 aromatic rings. The van der Waals surface area contributed by atoms with E-state index < -0.39 is 5.91 Å². The maximum Gasteiger partial charge on any atom is 0.272 e. The number of aryl methyl sites for hydroxylation is 1. The number of amides is 2. The lowest BCUT2D eigenvalue weighted by Crippen LogP contribution is -2.30. The van der Waals surface area contributed by atoms with Crippen LogP contribution in [0.25, 0.3) is 0 Å². The quantitative estimate of drug-likeness (QED) is 0.541. The van der Waals surface area contributed by atoms with Crippen molar-refractivity contribution in [3.05, 3.63) is 52.3 Å². The number of ketones is 1. The Balaban J connectivity index is 0.00000364. The molecule has 2 rings (SSSR count). The fraction of sp³-hybridized carbons (Fsp3) is 0.316. The Hall–Kier alpha value is -2.64. The molecule has 27 heavy (non-hydrogen) atoms. The number of carbonyl (C=O) groups is 3. The topological polar surface area (TPSA) is 117 Å². The monoisotopic (exact) mass is 392 g/mol. The van der Waals surface area contributed by atoms with Gasteiger partial charge in [0.25, 0.3) is 11.8 Å². The minimum atomic E-state index is -0.392. The lowest BCUT2D eigenvalue weighted by atomic mass is 10.0. The van der Waals surface area contributed by atoms with E-state index in [9.17, 15) is 14.4 Å². The van der Waals surface area contributed by atoms with Gasteiger partial charge in [0.05, 0.1) is 11.3 Å². The summed E-state index contributed by atoms with van der Waals surface area (Å²) >= 11 is 0. The SMILES string of the molecule is CCc1c(C(=O)Nc2ccccc2C(=O)NCCN)[nH]c(C)c1C(C)=O.Cl. The van der Waals surface area contributed by atoms with E-state index in [-0.39, 0.29) is 24.1 Å². The number of nitrogens with two attached hydrogens (primary N) is 1. The maximum absolute atomic E-state index is 12.8. The summed E-state index contributed by atoms with van der Waals surface area (Å²) in [5.41, 5.74) is 8.38. The number of nitrogens with one attached hydrogen (secondary N) is 3. The number of H-pyrrole nitrogens is 1. The summed E-state index contributed by atoms with van der Waals surface area (Å²) in [6.45, 7) is 5.81. The number of rotatable bonds is 7. The van der Waals surface area contributed by atoms with Crippen LogP contribution in [0.2, 0.25) is 0 Å². The fourth-order valence-corrected chi connectivity index (χ4v) is 2.96. The van der Waals surface area contributed by atoms with Crippen LogP contribution >= 0.6 is 12.4 Å². The second-order valence-corrected chi connectivity index (χ2v) is 5.93. The molecule has 0 aliphatic rings. The Labute approximate surface area is 164 Å². The zero-order chi connectivity index (χ0) is 19.3. The highest BCUT2D eigenvalue weighted by Crippen LogP contribution is 2.22. The van der Waals surface area contributed by atoms with Gasteiger partial charge in [-0.05, 0) is 38.0 Å². The molecule has 0 aliphatic carbocycles. The third kappa shape index (κ3) is 4.96. The summed E-state index contributed by atoms with van der Waals surface area (Å²) in [4.78, 5) is 39.9. The molecule has 0 spiro atoms. The maximum atomic E-state index is 12.8. The number of hydrogen-bond acceptors (Lipinski definition) is 4. The highest BCUT2D eigenvalue weighted by atomic mass is 35.5. The number of carbonyl (C=O) groups excluding carboxylic acids is 3. The largest absolute Gasteiger partial charge is 0.354 e. The van der Waals surface area contributed by atoms with Crippen molar-refractivity contribution in [2.75, 3.05) is 18.4 Å². The van der Waals surface area contributed by atoms with Crippen molar-refractivity contribution >= 4 is 35.7 Å². The first-order valence-corrected chi connectivity index (χ1v) is 8.51. The van der Waals surface area contributed by atoms with Gasteiger partial charge in [0.2, 0.25) is 0 Å². The summed E-state index contributed by atoms with van der Waals surface area (Å²) in [6, 6.07) is 6.74. The predicted molar refractivity (Wildman–Crippen MR) is 108 cm³/mol. The van der Waals surface area contributed by atoms with Crippen molar-refractivity contribution in [3.8, 4) is 0 Å². The Morgan fingerprint density at radius 3 is 2.41 bits per heavy atom. The lowest BCUT2D eigenvalue weighted by molar-refractivity contribution is 0.0954. The van der Waals surface area contributed by atoms with Gasteiger partial charge in [-0.25, -0.2) is 0 Å². The van der Waals surface area contributed by atoms with Gasteiger partial charge >= 0.3 is 0 Å². The van der Waals surface area contributed by atoms with E-state index in [0.29, 0.717) is 53.3 Å². The van der Waals surface area contributed by atoms with Crippen LogP contribution in [0.3, 0.4) is 0 Å². The summed E-state index contributed by atoms with van der Waals surface area (Å²) in [7, 11) is 0. The van der Waals surface area contributed by atoms with Crippen LogP contribution in [0.4, 0.5) is 5.69 Å². The number of para-hydroxylation sites is 1. The highest BCUT2D eigenvalue weighted by molar-refractivity contribution is 6.10. The van der Waals surface area contributed by atoms with E-state index in [1.807, 2.05) is 6.92 Å². The first-order chi connectivity index (χ1) is 12.4. The van der Waals surface area contributed by atoms with Gasteiger partial charge < -0.3 is 21.4 Å². The molecule has 0 saturated carbocycles. The zero-order valence-electron chi connectivity index (χ0n) is 15.6. The number of benzene rings is 1. The third-order valence-electron chi connectivity index (χ3n) is 4.07. The number of aromatic nitrogens is 1. The van der Waals surface area contributed by atoms with Crippen molar-refractivity contribution in [1.82, 2.24) is 10.3 Å². The van der Waals surface area contributed by atoms with Gasteiger partial charge in [-0.3, -0.25) is 14.4 Å². The van der Waals surface area contributed by atoms with Gasteiger partial charge in [0.15, 0.2) is 5.78 Å². The second kappa shape index (κ2) is 9.89. The van der Waals surface area contributed by atoms with Gasteiger partial charge in [0.1, 0.15) is 5.69 Å². The van der Waals surface area contributed by atoms with Crippen LogP contribution in [-0.2, 0) is 6.42 Å². The Morgan fingerprint density at radius 1 is 1.15 bits per heavy atom. The molecule has 0 saturated heterocycles. The van der Waals surface area contributed by atoms with Crippen molar-refractivity contribution in [1.29, 1.82) is 0 Å². The molecule has 1 aromatic heterocycles. The Kier molecular flexibility index (Phi) is 8.21. The second-order valence-electron chi connectivity index (χ2n) is 5.93. The molecule has 0 unspecified atom stereocenters. The Bertz CT molecular complexity index is 845. The molecule has 0 radical (unpaired) electrons. The number of aromatic amines is 1. The van der Waals surface area contributed by atoms with Crippen molar-refractivity contribution < 1.29 is 14.4 Å². The molecule has 0 bridgehead atoms. The number of halogens is 1. The molecule has 7 nitrogen and oxygen atoms in total. The summed E-state index contributed by atoms with van der Waals surface area (Å²) < 4.78 is 0. The molecule has 0 aliphatic heterocycles. The summed E-state index contributed by atoms with van der Waals surface area (Å²) in [6.07, 6.45) is 0.542. The van der Waals surface area contributed by atoms with Gasteiger partial charge in [-0.1, -0.05) is 19.1 Å². The molecular weight excluding hydrogens is 368 g/mol. The smallest absolute Gasteiger partial charge is 0.272 e. The fourth-order valence-electron chi connectivity index (χ4n) is 2.96. The number of hydrogen-bond donors (Lipinski definition) is 4. The number of anilines is 1. The molecule has 1 heterocycles. The van der Waals surface area contributed by atoms with E-state index in [1.165, 1.54) is 6.92 Å². The van der Waals surface area contributed by atoms with Gasteiger partial charge in [0, 0.05) is 24.3 Å². The van der Waals surface area contributed by atoms with Crippen LogP contribution < -0.4 is 16.4 Å². The van der Waals surface area contributed by atoms with Crippen LogP contribution in [0, 0.1) is 6.92 Å². The number of Topliss-reactive ketones (excluding diaryl/α,β-unsaturated/α-hetero) is 1. The zero-order valence-corrected chi connectivity index (χ0v) is 16.5. The first-order valence-electron chi connectivity index (χ1n) is 8.51. The minimum absolute atomic E-state index is 0. The molecule has 1 aromatic carbocycles. The minimum Gasteiger partial charge on any atom is -0.354 e. The van der Waals surface area contributed by atoms with Gasteiger partial charge in [-0.2, -0.15) is 0 Å². The molecule has 146 valence electrons. The van der Waals surface area contributed by atoms with Crippen LogP contribution in [-0.4, -0.2) is 35.7 Å². The van der Waals surface area contributed by atoms with E-state index in [2.05, 4.69) is 15.6 Å². The van der Waals surface area contributed by atoms with Crippen LogP contribution in [0.5, 0.6) is 0 Å². The first kappa shape index (κ1) is 22.4. The van der Waals surface area contributed by atoms with Crippen molar-refractivity contribution in [3.63, 3.8) is 0 Å². The van der Waals surface area contributed by atoms with E-state index >= 15 is 0 Å². The van der Waals surface area contributed by atoms with Crippen molar-refractivity contribution in [2.45, 2.75) is 27.2 Å². The summed E-state index contributed by atoms with van der Waals surface area (Å²) in [5.74, 6) is -0.790. The highest BCUT2D eigenvalue weighted by Gasteiger charge is 2.22. The Morgan fingerprint density at radius 2 is 1.81 bits per heavy atom. The standard InChI is InChI=1S/C19H24N4O3.ClH/c1-4-13-16(12(3)24)11(2)22-17(13)19(26)23-15-8-6-5-7-14(15)18(25)21-10-9-20;/h5-8,22H,4,9-10,20H2,1-3H3,(H,21,25)(H,23,26);1H. The van der Waals surface area contributed by atoms with Crippen molar-refractivity contribution in [2.24, 2.45) is 5.73 Å². The lowest BCUT2D eigenvalue weighted by Gasteiger charge is -2.11. The predicted octanol–water partition coefficient (Wildman–Crippen LogP) is 2.45. The normalized spacial score (nSPS) is 10.1. The van der Waals surface area contributed by atoms with E-state index in [0.717, 1.165) is 0 Å². The molecule has 2 amide bonds. The van der Waals surface area contributed by atoms with Crippen LogP contribution in [0.15, 0.2) is 24.3 Å². The molecule has 0 atom stereocenters. The van der Waals surface area contributed by atoms with Crippen LogP contribution in [0.1, 0.15) is 56.3 Å². The average Bonchev–Trinajstić information content (AvgIpc) is 2.96. The average molecular weight is 393 g/mol. The molecule has 8 heteroatoms. The van der Waals surface area contributed by atoms with E-state index in [4.69, 9.17) is 5.73 Å². The van der Waals surface area contributed by atoms with Gasteiger partial charge in [-0.15, -0.1) is 12.4 Å². The van der Waals surface area contributed by atoms with E-state index in [1.54, 1.807) is 31.2 Å².